The molecule has 2 N–H and O–H groups in total. The van der Waals surface area contributed by atoms with Gasteiger partial charge >= 0.3 is 0 Å². The average Bonchev–Trinajstić information content (AvgIpc) is 2.74. The second-order valence-electron chi connectivity index (χ2n) is 3.06. The van der Waals surface area contributed by atoms with Crippen LogP contribution in [-0.4, -0.2) is 28.8 Å². The fraction of sp³-hybridized carbons (Fsp3) is 0.625. The van der Waals surface area contributed by atoms with Gasteiger partial charge in [-0.2, -0.15) is 0 Å². The summed E-state index contributed by atoms with van der Waals surface area (Å²) in [5, 5.41) is 4.40. The maximum Gasteiger partial charge on any atom is 0.165 e. The summed E-state index contributed by atoms with van der Waals surface area (Å²) in [4.78, 5) is 7.26. The fourth-order valence-electron chi connectivity index (χ4n) is 1.38. The summed E-state index contributed by atoms with van der Waals surface area (Å²) in [7, 11) is 0. The number of hydrogen-bond donors (Lipinski definition) is 2. The number of nitrogens with one attached hydrogen (secondary N) is 2. The Kier molecular flexibility index (Phi) is 2.68. The van der Waals surface area contributed by atoms with Gasteiger partial charge in [0.1, 0.15) is 0 Å². The Morgan fingerprint density at radius 2 is 2.67 bits per heavy atom. The van der Waals surface area contributed by atoms with Crippen LogP contribution in [0.1, 0.15) is 6.42 Å². The molecule has 0 radical (unpaired) electrons. The molecule has 1 fully saturated rings. The molecule has 66 valence electrons. The number of thioether (sulfide) groups is 1. The summed E-state index contributed by atoms with van der Waals surface area (Å²) in [6.07, 6.45) is 4.98. The number of imidazole rings is 1. The highest BCUT2D eigenvalue weighted by Gasteiger charge is 2.14. The Labute approximate surface area is 76.4 Å². The zero-order valence-corrected chi connectivity index (χ0v) is 7.73. The number of nitrogens with zero attached hydrogens (tertiary/aromatic N) is 1. The van der Waals surface area contributed by atoms with Gasteiger partial charge in [0.15, 0.2) is 5.16 Å². The Hall–Kier alpha value is -0.480. The lowest BCUT2D eigenvalue weighted by Crippen LogP contribution is -2.10. The molecule has 0 aromatic carbocycles. The summed E-state index contributed by atoms with van der Waals surface area (Å²) in [6.45, 7) is 2.36. The molecule has 2 rings (SSSR count). The van der Waals surface area contributed by atoms with Crippen LogP contribution in [0.5, 0.6) is 0 Å². The van der Waals surface area contributed by atoms with Gasteiger partial charge in [0.25, 0.3) is 0 Å². The number of H-pyrrole nitrogens is 1. The van der Waals surface area contributed by atoms with Crippen molar-refractivity contribution in [2.45, 2.75) is 11.6 Å². The summed E-state index contributed by atoms with van der Waals surface area (Å²) in [6, 6.07) is 0. The topological polar surface area (TPSA) is 40.7 Å². The number of rotatable bonds is 3. The van der Waals surface area contributed by atoms with E-state index < -0.39 is 0 Å². The van der Waals surface area contributed by atoms with E-state index in [2.05, 4.69) is 15.3 Å². The minimum Gasteiger partial charge on any atom is -0.340 e. The van der Waals surface area contributed by atoms with Crippen molar-refractivity contribution < 1.29 is 0 Å². The standard InChI is InChI=1S/C8H13N3S/c1-2-9-5-7(1)6-12-8-10-3-4-11-8/h3-4,7,9H,1-2,5-6H2,(H,10,11). The minimum absolute atomic E-state index is 0.833. The number of hydrogen-bond acceptors (Lipinski definition) is 3. The fourth-order valence-corrected chi connectivity index (χ4v) is 2.35. The molecule has 1 aromatic heterocycles. The van der Waals surface area contributed by atoms with Crippen molar-refractivity contribution in [1.29, 1.82) is 0 Å². The minimum atomic E-state index is 0.833. The summed E-state index contributed by atoms with van der Waals surface area (Å²) >= 11 is 1.82. The normalized spacial score (nSPS) is 23.2. The molecular formula is C8H13N3S. The van der Waals surface area contributed by atoms with E-state index >= 15 is 0 Å². The van der Waals surface area contributed by atoms with E-state index in [1.165, 1.54) is 25.3 Å². The van der Waals surface area contributed by atoms with Crippen molar-refractivity contribution in [2.24, 2.45) is 5.92 Å². The third-order valence-electron chi connectivity index (χ3n) is 2.09. The largest absolute Gasteiger partial charge is 0.340 e. The van der Waals surface area contributed by atoms with Crippen LogP contribution in [0, 0.1) is 5.92 Å². The van der Waals surface area contributed by atoms with Crippen LogP contribution in [0.25, 0.3) is 0 Å². The molecule has 3 nitrogen and oxygen atoms in total. The van der Waals surface area contributed by atoms with Crippen molar-refractivity contribution in [1.82, 2.24) is 15.3 Å². The highest BCUT2D eigenvalue weighted by atomic mass is 32.2. The smallest absolute Gasteiger partial charge is 0.165 e. The van der Waals surface area contributed by atoms with Gasteiger partial charge in [-0.25, -0.2) is 4.98 Å². The molecule has 2 heterocycles. The van der Waals surface area contributed by atoms with Crippen LogP contribution in [0.4, 0.5) is 0 Å². The lowest BCUT2D eigenvalue weighted by molar-refractivity contribution is 0.662. The summed E-state index contributed by atoms with van der Waals surface area (Å²) in [5.41, 5.74) is 0. The maximum absolute atomic E-state index is 4.16. The Morgan fingerprint density at radius 3 is 3.33 bits per heavy atom. The molecule has 1 aromatic rings. The van der Waals surface area contributed by atoms with Crippen LogP contribution in [0.15, 0.2) is 17.6 Å². The van der Waals surface area contributed by atoms with Gasteiger partial charge in [-0.1, -0.05) is 11.8 Å². The van der Waals surface area contributed by atoms with Gasteiger partial charge in [0.2, 0.25) is 0 Å². The van der Waals surface area contributed by atoms with E-state index in [-0.39, 0.29) is 0 Å². The van der Waals surface area contributed by atoms with Crippen molar-refractivity contribution >= 4 is 11.8 Å². The maximum atomic E-state index is 4.16. The molecule has 0 saturated carbocycles. The van der Waals surface area contributed by atoms with Crippen LogP contribution in [-0.2, 0) is 0 Å². The van der Waals surface area contributed by atoms with E-state index in [4.69, 9.17) is 0 Å². The van der Waals surface area contributed by atoms with Crippen molar-refractivity contribution in [3.05, 3.63) is 12.4 Å². The predicted molar refractivity (Wildman–Crippen MR) is 50.3 cm³/mol. The lowest BCUT2D eigenvalue weighted by Gasteiger charge is -2.04. The van der Waals surface area contributed by atoms with Gasteiger partial charge in [-0.15, -0.1) is 0 Å². The molecular weight excluding hydrogens is 170 g/mol. The summed E-state index contributed by atoms with van der Waals surface area (Å²) < 4.78 is 0. The second-order valence-corrected chi connectivity index (χ2v) is 4.07. The third kappa shape index (κ3) is 2.01. The highest BCUT2D eigenvalue weighted by Crippen LogP contribution is 2.19. The number of aromatic amines is 1. The Morgan fingerprint density at radius 1 is 1.67 bits per heavy atom. The first-order chi connectivity index (χ1) is 5.95. The van der Waals surface area contributed by atoms with Crippen LogP contribution < -0.4 is 5.32 Å². The van der Waals surface area contributed by atoms with E-state index in [1.54, 1.807) is 6.20 Å². The summed E-state index contributed by atoms with van der Waals surface area (Å²) in [5.74, 6) is 2.01. The monoisotopic (exact) mass is 183 g/mol. The van der Waals surface area contributed by atoms with Crippen molar-refractivity contribution in [2.75, 3.05) is 18.8 Å². The Bertz CT molecular complexity index is 216. The van der Waals surface area contributed by atoms with Gasteiger partial charge in [-0.3, -0.25) is 0 Å². The molecule has 0 spiro atoms. The lowest BCUT2D eigenvalue weighted by atomic mass is 10.2. The van der Waals surface area contributed by atoms with E-state index in [0.717, 1.165) is 11.1 Å². The average molecular weight is 183 g/mol. The SMILES string of the molecule is c1c[nH]c(SCC2CCNC2)n1. The Balaban J connectivity index is 1.74. The molecule has 1 aliphatic heterocycles. The van der Waals surface area contributed by atoms with E-state index in [0.29, 0.717) is 0 Å². The van der Waals surface area contributed by atoms with Crippen molar-refractivity contribution in [3.8, 4) is 0 Å². The predicted octanol–water partition coefficient (Wildman–Crippen LogP) is 1.11. The molecule has 1 saturated heterocycles. The van der Waals surface area contributed by atoms with Crippen molar-refractivity contribution in [3.63, 3.8) is 0 Å². The molecule has 1 atom stereocenters. The molecule has 0 bridgehead atoms. The first-order valence-corrected chi connectivity index (χ1v) is 5.26. The first kappa shape index (κ1) is 8.13. The van der Waals surface area contributed by atoms with Gasteiger partial charge < -0.3 is 10.3 Å². The molecule has 0 amide bonds. The van der Waals surface area contributed by atoms with Crippen LogP contribution in [0.3, 0.4) is 0 Å². The first-order valence-electron chi connectivity index (χ1n) is 4.28. The van der Waals surface area contributed by atoms with E-state index in [9.17, 15) is 0 Å². The zero-order chi connectivity index (χ0) is 8.23. The van der Waals surface area contributed by atoms with Crippen LogP contribution in [0.2, 0.25) is 0 Å². The van der Waals surface area contributed by atoms with Gasteiger partial charge in [0, 0.05) is 18.1 Å². The second kappa shape index (κ2) is 3.96. The zero-order valence-electron chi connectivity index (χ0n) is 6.92. The van der Waals surface area contributed by atoms with Crippen LogP contribution >= 0.6 is 11.8 Å². The van der Waals surface area contributed by atoms with E-state index in [1.807, 2.05) is 18.0 Å². The highest BCUT2D eigenvalue weighted by molar-refractivity contribution is 7.99. The molecule has 0 aliphatic carbocycles. The third-order valence-corrected chi connectivity index (χ3v) is 3.23. The molecule has 1 unspecified atom stereocenters. The van der Waals surface area contributed by atoms with Gasteiger partial charge in [0.05, 0.1) is 0 Å². The molecule has 12 heavy (non-hydrogen) atoms. The molecule has 1 aliphatic rings. The molecule has 4 heteroatoms. The number of aromatic nitrogens is 2. The quantitative estimate of drug-likeness (QED) is 0.690. The van der Waals surface area contributed by atoms with Gasteiger partial charge in [-0.05, 0) is 25.4 Å².